The number of hydrogen-bond donors (Lipinski definition) is 8. The number of guanidine groups is 1. The normalized spacial score (nSPS) is 17.1. The van der Waals surface area contributed by atoms with Crippen LogP contribution in [0.3, 0.4) is 0 Å². The number of piperidine rings is 1. The molecule has 2 saturated heterocycles. The molecule has 7 amide bonds. The monoisotopic (exact) mass is 888 g/mol. The van der Waals surface area contributed by atoms with Crippen LogP contribution in [-0.2, 0) is 28.8 Å². The highest BCUT2D eigenvalue weighted by Crippen LogP contribution is 2.38. The molecular formula is C44H65N13O7. The maximum atomic E-state index is 13.9. The van der Waals surface area contributed by atoms with Crippen LogP contribution < -0.4 is 48.7 Å². The summed E-state index contributed by atoms with van der Waals surface area (Å²) >= 11 is 0. The maximum absolute atomic E-state index is 13.9. The van der Waals surface area contributed by atoms with Gasteiger partial charge >= 0.3 is 0 Å². The largest absolute Gasteiger partial charge is 0.370 e. The van der Waals surface area contributed by atoms with Gasteiger partial charge in [-0.25, -0.2) is 0 Å². The molecule has 3 atom stereocenters. The van der Waals surface area contributed by atoms with Crippen molar-refractivity contribution in [3.8, 4) is 0 Å². The van der Waals surface area contributed by atoms with Gasteiger partial charge < -0.3 is 43.4 Å². The molecule has 3 aliphatic rings. The lowest BCUT2D eigenvalue weighted by Crippen LogP contribution is -2.56. The topological polar surface area (TPSA) is 283 Å². The van der Waals surface area contributed by atoms with E-state index in [2.05, 4.69) is 41.4 Å². The summed E-state index contributed by atoms with van der Waals surface area (Å²) in [4.78, 5) is 103. The average Bonchev–Trinajstić information content (AvgIpc) is 3.39. The minimum atomic E-state index is -1.05. The Balaban J connectivity index is 1.04. The summed E-state index contributed by atoms with van der Waals surface area (Å²) in [5.41, 5.74) is 18.7. The van der Waals surface area contributed by atoms with E-state index in [1.54, 1.807) is 29.2 Å². The van der Waals surface area contributed by atoms with Gasteiger partial charge in [0.1, 0.15) is 12.1 Å². The number of nitrogens with one attached hydrogen (secondary N) is 5. The number of aliphatic imine (C=N–C) groups is 1. The summed E-state index contributed by atoms with van der Waals surface area (Å²) < 4.78 is 0. The number of para-hydroxylation sites is 3. The van der Waals surface area contributed by atoms with Crippen LogP contribution in [0, 0.1) is 5.92 Å². The number of rotatable bonds is 20. The van der Waals surface area contributed by atoms with E-state index in [0.29, 0.717) is 114 Å². The lowest BCUT2D eigenvalue weighted by molar-refractivity contribution is -0.136. The van der Waals surface area contributed by atoms with Gasteiger partial charge in [0.15, 0.2) is 5.96 Å². The molecule has 0 aromatic heterocycles. The lowest BCUT2D eigenvalue weighted by Gasteiger charge is -2.37. The summed E-state index contributed by atoms with van der Waals surface area (Å²) in [7, 11) is 0. The number of piperazine rings is 1. The smallest absolute Gasteiger partial charge is 0.257 e. The van der Waals surface area contributed by atoms with Crippen LogP contribution in [0.2, 0.25) is 0 Å². The summed E-state index contributed by atoms with van der Waals surface area (Å²) in [6.45, 7) is 8.54. The number of carbonyl (C=O) groups is 7. The molecule has 5 rings (SSSR count). The highest BCUT2D eigenvalue weighted by atomic mass is 16.2. The molecule has 20 heteroatoms. The number of likely N-dealkylation sites (tertiary alicyclic amines) is 1. The van der Waals surface area contributed by atoms with Crippen molar-refractivity contribution < 1.29 is 33.6 Å². The number of imide groups is 1. The second kappa shape index (κ2) is 24.2. The summed E-state index contributed by atoms with van der Waals surface area (Å²) in [5, 5.41) is 13.7. The van der Waals surface area contributed by atoms with Gasteiger partial charge in [0.05, 0.1) is 35.2 Å². The first kappa shape index (κ1) is 49.1. The Morgan fingerprint density at radius 3 is 2.16 bits per heavy atom. The molecule has 2 fully saturated rings. The molecule has 0 bridgehead atoms. The number of amides is 7. The first-order valence-corrected chi connectivity index (χ1v) is 22.2. The Kier molecular flexibility index (Phi) is 18.5. The van der Waals surface area contributed by atoms with E-state index in [1.165, 1.54) is 13.8 Å². The highest BCUT2D eigenvalue weighted by Gasteiger charge is 2.32. The number of carbonyl (C=O) groups excluding carboxylic acids is 7. The number of nitrogens with two attached hydrogens (primary N) is 3. The second-order valence-corrected chi connectivity index (χ2v) is 16.6. The minimum absolute atomic E-state index is 0.0546. The van der Waals surface area contributed by atoms with E-state index < -0.39 is 41.8 Å². The van der Waals surface area contributed by atoms with E-state index in [-0.39, 0.29) is 42.6 Å². The predicted molar refractivity (Wildman–Crippen MR) is 243 cm³/mol. The molecule has 3 heterocycles. The van der Waals surface area contributed by atoms with Crippen molar-refractivity contribution in [1.29, 1.82) is 0 Å². The standard InChI is InChI=1S/C44H65N13O7/c1-29(40(61)53-43(64)35(11-7-17-45)51-30(2)58)50-42(63)34(12-8-18-49-44(46)47)48-19-22-54-23-25-56(26-24-54)38(59)27-31-15-20-55(21-16-31)28-39(60)57-36-13-5-3-9-32(36)41(62)52-33-10-4-6-14-37(33)57/h3-6,9-10,13-14,29,31,34-35,48H,7-8,11-12,15-28,45H2,1-2H3,(H,50,63)(H,51,58)(H,52,62)(H4,46,47,49)(H,53,61,64)/t29-,34-,35-/m0/s1. The van der Waals surface area contributed by atoms with Crippen molar-refractivity contribution in [2.45, 2.75) is 76.9 Å². The molecule has 348 valence electrons. The molecule has 0 radical (unpaired) electrons. The van der Waals surface area contributed by atoms with E-state index in [1.807, 2.05) is 29.2 Å². The van der Waals surface area contributed by atoms with Gasteiger partial charge in [-0.15, -0.1) is 0 Å². The maximum Gasteiger partial charge on any atom is 0.257 e. The first-order chi connectivity index (χ1) is 30.7. The molecule has 2 aromatic carbocycles. The van der Waals surface area contributed by atoms with Crippen LogP contribution in [0.25, 0.3) is 0 Å². The molecule has 3 aliphatic heterocycles. The minimum Gasteiger partial charge on any atom is -0.370 e. The van der Waals surface area contributed by atoms with Crippen LogP contribution >= 0.6 is 0 Å². The van der Waals surface area contributed by atoms with Gasteiger partial charge in [-0.2, -0.15) is 0 Å². The third-order valence-electron chi connectivity index (χ3n) is 11.8. The van der Waals surface area contributed by atoms with Crippen molar-refractivity contribution in [3.63, 3.8) is 0 Å². The van der Waals surface area contributed by atoms with E-state index in [4.69, 9.17) is 17.2 Å². The van der Waals surface area contributed by atoms with E-state index in [0.717, 1.165) is 12.8 Å². The van der Waals surface area contributed by atoms with Crippen LogP contribution in [0.4, 0.5) is 17.1 Å². The summed E-state index contributed by atoms with van der Waals surface area (Å²) in [5.74, 6) is -2.35. The van der Waals surface area contributed by atoms with Crippen molar-refractivity contribution >= 4 is 64.4 Å². The SMILES string of the molecule is CC(=O)N[C@@H](CCCN)C(=O)NC(=O)[C@H](C)NC(=O)[C@H](CCCN=C(N)N)NCCN1CCN(C(=O)CC2CCN(CC(=O)N3c4ccccc4NC(=O)c4ccccc43)CC2)CC1. The van der Waals surface area contributed by atoms with E-state index in [9.17, 15) is 33.6 Å². The zero-order valence-corrected chi connectivity index (χ0v) is 37.0. The molecule has 0 spiro atoms. The third-order valence-corrected chi connectivity index (χ3v) is 11.8. The van der Waals surface area contributed by atoms with Gasteiger partial charge in [0.25, 0.3) is 5.91 Å². The Hall–Kier alpha value is -5.96. The second-order valence-electron chi connectivity index (χ2n) is 16.6. The number of fused-ring (bicyclic) bond motifs is 2. The van der Waals surface area contributed by atoms with Crippen molar-refractivity contribution in [2.24, 2.45) is 28.1 Å². The van der Waals surface area contributed by atoms with Crippen LogP contribution in [0.1, 0.15) is 69.2 Å². The van der Waals surface area contributed by atoms with Crippen molar-refractivity contribution in [3.05, 3.63) is 54.1 Å². The molecule has 64 heavy (non-hydrogen) atoms. The van der Waals surface area contributed by atoms with Gasteiger partial charge in [-0.05, 0) is 95.3 Å². The number of benzene rings is 2. The van der Waals surface area contributed by atoms with Gasteiger partial charge in [-0.1, -0.05) is 24.3 Å². The van der Waals surface area contributed by atoms with Gasteiger partial charge in [-0.3, -0.25) is 58.6 Å². The van der Waals surface area contributed by atoms with Crippen molar-refractivity contribution in [1.82, 2.24) is 36.0 Å². The zero-order chi connectivity index (χ0) is 46.2. The highest BCUT2D eigenvalue weighted by molar-refractivity contribution is 6.18. The van der Waals surface area contributed by atoms with Gasteiger partial charge in [0, 0.05) is 59.2 Å². The van der Waals surface area contributed by atoms with Crippen LogP contribution in [0.5, 0.6) is 0 Å². The number of nitrogens with zero attached hydrogens (tertiary/aromatic N) is 5. The lowest BCUT2D eigenvalue weighted by atomic mass is 9.93. The van der Waals surface area contributed by atoms with Crippen LogP contribution in [-0.4, -0.2) is 152 Å². The average molecular weight is 888 g/mol. The molecule has 0 unspecified atom stereocenters. The first-order valence-electron chi connectivity index (χ1n) is 22.2. The molecular weight excluding hydrogens is 823 g/mol. The quantitative estimate of drug-likeness (QED) is 0.0477. The molecule has 2 aromatic rings. The molecule has 0 saturated carbocycles. The Morgan fingerprint density at radius 1 is 0.797 bits per heavy atom. The molecule has 0 aliphatic carbocycles. The van der Waals surface area contributed by atoms with E-state index >= 15 is 0 Å². The third kappa shape index (κ3) is 14.3. The van der Waals surface area contributed by atoms with Crippen LogP contribution in [0.15, 0.2) is 53.5 Å². The Morgan fingerprint density at radius 2 is 1.47 bits per heavy atom. The van der Waals surface area contributed by atoms with Crippen molar-refractivity contribution in [2.75, 3.05) is 82.2 Å². The molecule has 20 nitrogen and oxygen atoms in total. The fourth-order valence-electron chi connectivity index (χ4n) is 8.19. The predicted octanol–water partition coefficient (Wildman–Crippen LogP) is -0.434. The zero-order valence-electron chi connectivity index (χ0n) is 37.0. The van der Waals surface area contributed by atoms with Gasteiger partial charge in [0.2, 0.25) is 35.4 Å². The summed E-state index contributed by atoms with van der Waals surface area (Å²) in [6, 6.07) is 11.7. The fourth-order valence-corrected chi connectivity index (χ4v) is 8.19. The Labute approximate surface area is 374 Å². The fraction of sp³-hybridized carbons (Fsp3) is 0.545. The Bertz CT molecular complexity index is 1990. The molecule has 11 N–H and O–H groups in total. The number of anilines is 3. The summed E-state index contributed by atoms with van der Waals surface area (Å²) in [6.07, 6.45) is 3.64. The number of hydrogen-bond acceptors (Lipinski definition) is 12.